The quantitative estimate of drug-likeness (QED) is 0.377. The van der Waals surface area contributed by atoms with E-state index in [1.54, 1.807) is 10.7 Å². The molecule has 42 heavy (non-hydrogen) atoms. The highest BCUT2D eigenvalue weighted by molar-refractivity contribution is 7.91. The largest absolute Gasteiger partial charge is 0.494 e. The highest BCUT2D eigenvalue weighted by Gasteiger charge is 2.46. The smallest absolute Gasteiger partial charge is 0.389 e. The van der Waals surface area contributed by atoms with Crippen molar-refractivity contribution < 1.29 is 35.9 Å². The van der Waals surface area contributed by atoms with E-state index in [-0.39, 0.29) is 24.4 Å². The Morgan fingerprint density at radius 2 is 2.00 bits per heavy atom. The van der Waals surface area contributed by atoms with Gasteiger partial charge in [0.2, 0.25) is 5.91 Å². The van der Waals surface area contributed by atoms with Crippen LogP contribution in [0.2, 0.25) is 0 Å². The third-order valence-electron chi connectivity index (χ3n) is 8.49. The maximum atomic E-state index is 13.6. The molecule has 2 aromatic rings. The number of nitrogens with one attached hydrogen (secondary N) is 2. The molecule has 0 saturated heterocycles. The lowest BCUT2D eigenvalue weighted by atomic mass is 9.82. The lowest BCUT2D eigenvalue weighted by Crippen LogP contribution is -2.49. The average Bonchev–Trinajstić information content (AvgIpc) is 3.42. The van der Waals surface area contributed by atoms with Crippen molar-refractivity contribution in [2.24, 2.45) is 5.92 Å². The van der Waals surface area contributed by atoms with E-state index in [1.807, 2.05) is 12.1 Å². The molecule has 1 aromatic heterocycles. The van der Waals surface area contributed by atoms with Gasteiger partial charge in [-0.05, 0) is 54.9 Å². The van der Waals surface area contributed by atoms with Crippen LogP contribution in [0.25, 0.3) is 0 Å². The van der Waals surface area contributed by atoms with Gasteiger partial charge in [-0.3, -0.25) is 9.59 Å². The van der Waals surface area contributed by atoms with Gasteiger partial charge in [-0.25, -0.2) is 13.1 Å². The maximum absolute atomic E-state index is 13.6. The van der Waals surface area contributed by atoms with E-state index in [9.17, 15) is 31.2 Å². The molecular formula is C29H37F3N4O5S. The van der Waals surface area contributed by atoms with Crippen LogP contribution >= 0.6 is 0 Å². The van der Waals surface area contributed by atoms with E-state index in [0.29, 0.717) is 43.2 Å². The fourth-order valence-electron chi connectivity index (χ4n) is 6.55. The summed E-state index contributed by atoms with van der Waals surface area (Å²) < 4.78 is 68.0. The van der Waals surface area contributed by atoms with Crippen LogP contribution in [-0.2, 0) is 39.6 Å². The molecule has 5 rings (SSSR count). The van der Waals surface area contributed by atoms with Crippen molar-refractivity contribution in [2.75, 3.05) is 23.9 Å². The van der Waals surface area contributed by atoms with E-state index in [2.05, 4.69) is 10.6 Å². The molecule has 1 spiro atoms. The molecule has 1 saturated carbocycles. The molecule has 9 nitrogen and oxygen atoms in total. The van der Waals surface area contributed by atoms with Crippen molar-refractivity contribution in [3.05, 3.63) is 40.6 Å². The van der Waals surface area contributed by atoms with Crippen LogP contribution in [0, 0.1) is 5.92 Å². The Bertz CT molecular complexity index is 1450. The number of fused-ring (bicyclic) bond motifs is 3. The molecular weight excluding hydrogens is 573 g/mol. The number of hydrogen-bond acceptors (Lipinski definition) is 6. The lowest BCUT2D eigenvalue weighted by Gasteiger charge is -2.35. The van der Waals surface area contributed by atoms with Gasteiger partial charge in [0.25, 0.3) is 5.91 Å². The van der Waals surface area contributed by atoms with E-state index >= 15 is 0 Å². The number of anilines is 1. The summed E-state index contributed by atoms with van der Waals surface area (Å²) in [6.45, 7) is 0.452. The van der Waals surface area contributed by atoms with Crippen LogP contribution in [-0.4, -0.2) is 54.8 Å². The van der Waals surface area contributed by atoms with Gasteiger partial charge in [-0.15, -0.1) is 0 Å². The van der Waals surface area contributed by atoms with Crippen LogP contribution < -0.4 is 15.4 Å². The minimum Gasteiger partial charge on any atom is -0.494 e. The summed E-state index contributed by atoms with van der Waals surface area (Å²) in [6, 6.07) is 5.38. The van der Waals surface area contributed by atoms with E-state index in [0.717, 1.165) is 36.6 Å². The number of aromatic nitrogens is 2. The number of aryl methyl sites for hydroxylation is 2. The Morgan fingerprint density at radius 3 is 2.71 bits per heavy atom. The Balaban J connectivity index is 1.37. The maximum Gasteiger partial charge on any atom is 0.389 e. The summed E-state index contributed by atoms with van der Waals surface area (Å²) in [5.74, 6) is -0.571. The van der Waals surface area contributed by atoms with Gasteiger partial charge in [0.1, 0.15) is 22.9 Å². The second kappa shape index (κ2) is 11.9. The molecule has 2 aliphatic carbocycles. The number of carbonyl (C=O) groups is 2. The molecule has 2 amide bonds. The van der Waals surface area contributed by atoms with Gasteiger partial charge < -0.3 is 15.4 Å². The number of rotatable bonds is 10. The first-order chi connectivity index (χ1) is 19.8. The number of hydrogen-bond donors (Lipinski definition) is 2. The normalized spacial score (nSPS) is 20.7. The monoisotopic (exact) mass is 610 g/mol. The summed E-state index contributed by atoms with van der Waals surface area (Å²) >= 11 is 0. The van der Waals surface area contributed by atoms with Crippen molar-refractivity contribution in [3.8, 4) is 5.75 Å². The summed E-state index contributed by atoms with van der Waals surface area (Å²) in [6.07, 6.45) is 4.07. The Hall–Kier alpha value is -3.09. The van der Waals surface area contributed by atoms with E-state index in [1.165, 1.54) is 19.3 Å². The molecule has 2 N–H and O–H groups in total. The summed E-state index contributed by atoms with van der Waals surface area (Å²) in [5.41, 5.74) is 1.93. The molecule has 1 aliphatic heterocycles. The van der Waals surface area contributed by atoms with Gasteiger partial charge in [0.05, 0.1) is 17.8 Å². The second-order valence-corrected chi connectivity index (χ2v) is 14.0. The molecule has 2 heterocycles. The van der Waals surface area contributed by atoms with Gasteiger partial charge in [0, 0.05) is 25.6 Å². The molecule has 0 radical (unpaired) electrons. The molecule has 1 aromatic carbocycles. The minimum atomic E-state index is -4.22. The molecule has 3 aliphatic rings. The zero-order valence-electron chi connectivity index (χ0n) is 23.7. The number of halogens is 3. The van der Waals surface area contributed by atoms with Crippen LogP contribution in [0.1, 0.15) is 85.0 Å². The number of amides is 2. The highest BCUT2D eigenvalue weighted by atomic mass is 32.2. The van der Waals surface area contributed by atoms with Gasteiger partial charge in [0.15, 0.2) is 9.84 Å². The van der Waals surface area contributed by atoms with Crippen LogP contribution in [0.3, 0.4) is 0 Å². The first-order valence-electron chi connectivity index (χ1n) is 14.5. The van der Waals surface area contributed by atoms with Crippen molar-refractivity contribution in [1.29, 1.82) is 0 Å². The number of carbonyl (C=O) groups excluding carboxylic acids is 2. The van der Waals surface area contributed by atoms with E-state index in [4.69, 9.17) is 9.84 Å². The number of benzene rings is 1. The topological polar surface area (TPSA) is 119 Å². The van der Waals surface area contributed by atoms with Crippen molar-refractivity contribution in [2.45, 2.75) is 88.9 Å². The molecule has 230 valence electrons. The number of ether oxygens (including phenoxy) is 1. The van der Waals surface area contributed by atoms with Crippen molar-refractivity contribution in [3.63, 3.8) is 0 Å². The Kier molecular flexibility index (Phi) is 8.60. The molecule has 1 fully saturated rings. The van der Waals surface area contributed by atoms with E-state index < -0.39 is 45.5 Å². The summed E-state index contributed by atoms with van der Waals surface area (Å²) in [5, 5.41) is 10.6. The Morgan fingerprint density at radius 1 is 1.24 bits per heavy atom. The van der Waals surface area contributed by atoms with Crippen molar-refractivity contribution in [1.82, 2.24) is 15.1 Å². The molecule has 0 unspecified atom stereocenters. The van der Waals surface area contributed by atoms with Gasteiger partial charge in [-0.2, -0.15) is 18.3 Å². The summed E-state index contributed by atoms with van der Waals surface area (Å²) in [7, 11) is -3.58. The predicted octanol–water partition coefficient (Wildman–Crippen LogP) is 4.69. The fraction of sp³-hybridized carbons (Fsp3) is 0.621. The van der Waals surface area contributed by atoms with Gasteiger partial charge in [-0.1, -0.05) is 38.2 Å². The highest BCUT2D eigenvalue weighted by Crippen LogP contribution is 2.44. The van der Waals surface area contributed by atoms with Crippen LogP contribution in [0.5, 0.6) is 5.75 Å². The first-order valence-corrected chi connectivity index (χ1v) is 16.6. The standard InChI is InChI=1S/C29H37F3N4O5S/c1-42(39,40)18-24(37)33-26-25-23(35-36(26)14-11-19-6-3-2-4-7-19)17-28(34-27(25)38)13-10-20-16-21(8-9-22(20)28)41-15-5-12-29(30,31)32/h8-9,16,19H,2-7,10-15,17-18H2,1H3,(H,33,37)(H,34,38)/t28-/m0/s1. The van der Waals surface area contributed by atoms with Crippen LogP contribution in [0.4, 0.5) is 19.0 Å². The first kappa shape index (κ1) is 30.4. The second-order valence-electron chi connectivity index (χ2n) is 11.9. The number of sulfone groups is 1. The number of nitrogens with zero attached hydrogens (tertiary/aromatic N) is 2. The zero-order chi connectivity index (χ0) is 30.1. The average molecular weight is 611 g/mol. The molecule has 1 atom stereocenters. The van der Waals surface area contributed by atoms with Crippen LogP contribution in [0.15, 0.2) is 18.2 Å². The molecule has 0 bridgehead atoms. The zero-order valence-corrected chi connectivity index (χ0v) is 24.5. The minimum absolute atomic E-state index is 0.0460. The Labute approximate surface area is 243 Å². The SMILES string of the molecule is CS(=O)(=O)CC(=O)Nc1c2c(nn1CCC1CCCCC1)C[C@]1(CCc3cc(OCCCC(F)(F)F)ccc31)NC2=O. The number of alkyl halides is 3. The predicted molar refractivity (Wildman–Crippen MR) is 150 cm³/mol. The lowest BCUT2D eigenvalue weighted by molar-refractivity contribution is -0.136. The summed E-state index contributed by atoms with van der Waals surface area (Å²) in [4.78, 5) is 26.3. The molecule has 13 heteroatoms. The van der Waals surface area contributed by atoms with Crippen molar-refractivity contribution >= 4 is 27.5 Å². The van der Waals surface area contributed by atoms with Gasteiger partial charge >= 0.3 is 6.18 Å². The fourth-order valence-corrected chi connectivity index (χ4v) is 7.10. The third-order valence-corrected chi connectivity index (χ3v) is 9.27. The third kappa shape index (κ3) is 7.09.